The summed E-state index contributed by atoms with van der Waals surface area (Å²) in [6, 6.07) is 0. The van der Waals surface area contributed by atoms with Gasteiger partial charge in [0.25, 0.3) is 6.43 Å². The molecule has 30 heavy (non-hydrogen) atoms. The van der Waals surface area contributed by atoms with Crippen LogP contribution in [0.15, 0.2) is 16.9 Å². The third kappa shape index (κ3) is 3.16. The number of fused-ring (bicyclic) bond motifs is 5. The Morgan fingerprint density at radius 3 is 2.70 bits per heavy atom. The quantitative estimate of drug-likeness (QED) is 0.739. The van der Waals surface area contributed by atoms with E-state index in [1.54, 1.807) is 6.20 Å². The zero-order valence-electron chi connectivity index (χ0n) is 17.7. The minimum atomic E-state index is -2.64. The Labute approximate surface area is 176 Å². The number of aromatic nitrogens is 1. The van der Waals surface area contributed by atoms with Crippen molar-refractivity contribution in [3.63, 3.8) is 0 Å². The molecule has 1 N–H and O–H groups in total. The number of carbonyl (C=O) groups is 1. The molecular formula is C24H33F2NO3. The number of ketones is 1. The highest BCUT2D eigenvalue weighted by Crippen LogP contribution is 2.65. The average Bonchev–Trinajstić information content (AvgIpc) is 3.34. The lowest BCUT2D eigenvalue weighted by molar-refractivity contribution is -0.160. The van der Waals surface area contributed by atoms with Gasteiger partial charge in [0.15, 0.2) is 0 Å². The second-order valence-corrected chi connectivity index (χ2v) is 10.8. The van der Waals surface area contributed by atoms with Gasteiger partial charge < -0.3 is 9.52 Å². The van der Waals surface area contributed by atoms with E-state index in [1.807, 2.05) is 0 Å². The summed E-state index contributed by atoms with van der Waals surface area (Å²) in [6.45, 7) is 2.32. The predicted octanol–water partition coefficient (Wildman–Crippen LogP) is 5.05. The summed E-state index contributed by atoms with van der Waals surface area (Å²) in [6.07, 6.45) is 8.15. The number of rotatable bonds is 4. The molecule has 5 rings (SSSR count). The molecule has 0 radical (unpaired) electrons. The van der Waals surface area contributed by atoms with E-state index in [4.69, 9.17) is 4.42 Å². The number of halogens is 2. The Hall–Kier alpha value is -1.30. The predicted molar refractivity (Wildman–Crippen MR) is 107 cm³/mol. The topological polar surface area (TPSA) is 63.3 Å². The van der Waals surface area contributed by atoms with E-state index in [2.05, 4.69) is 11.9 Å². The van der Waals surface area contributed by atoms with Crippen molar-refractivity contribution in [3.8, 4) is 0 Å². The third-order valence-electron chi connectivity index (χ3n) is 9.65. The van der Waals surface area contributed by atoms with Crippen LogP contribution in [0.5, 0.6) is 0 Å². The van der Waals surface area contributed by atoms with Crippen molar-refractivity contribution in [1.29, 1.82) is 0 Å². The van der Waals surface area contributed by atoms with Gasteiger partial charge in [0.2, 0.25) is 5.89 Å². The van der Waals surface area contributed by atoms with Crippen LogP contribution in [0.3, 0.4) is 0 Å². The molecule has 1 aromatic heterocycles. The monoisotopic (exact) mass is 421 g/mol. The number of carbonyl (C=O) groups excluding carboxylic acids is 1. The number of nitrogens with zero attached hydrogens (tertiary/aromatic N) is 1. The van der Waals surface area contributed by atoms with Crippen LogP contribution in [0, 0.1) is 40.9 Å². The second-order valence-electron chi connectivity index (χ2n) is 10.8. The van der Waals surface area contributed by atoms with Gasteiger partial charge in [-0.2, -0.15) is 0 Å². The zero-order valence-corrected chi connectivity index (χ0v) is 17.7. The molecule has 166 valence electrons. The molecule has 0 aliphatic heterocycles. The summed E-state index contributed by atoms with van der Waals surface area (Å²) < 4.78 is 32.1. The molecule has 1 aromatic rings. The molecule has 4 saturated carbocycles. The molecule has 0 bridgehead atoms. The van der Waals surface area contributed by atoms with Crippen LogP contribution in [0.2, 0.25) is 0 Å². The van der Waals surface area contributed by atoms with Crippen molar-refractivity contribution >= 4 is 5.78 Å². The number of hydrogen-bond donors (Lipinski definition) is 1. The zero-order chi connectivity index (χ0) is 21.1. The Morgan fingerprint density at radius 1 is 1.17 bits per heavy atom. The molecule has 0 aromatic carbocycles. The Morgan fingerprint density at radius 2 is 1.97 bits per heavy atom. The van der Waals surface area contributed by atoms with Gasteiger partial charge in [-0.1, -0.05) is 6.92 Å². The fourth-order valence-corrected chi connectivity index (χ4v) is 8.25. The molecule has 4 aliphatic carbocycles. The van der Waals surface area contributed by atoms with Crippen LogP contribution in [-0.4, -0.2) is 27.9 Å². The Balaban J connectivity index is 1.30. The first-order valence-electron chi connectivity index (χ1n) is 11.7. The van der Waals surface area contributed by atoms with Crippen molar-refractivity contribution in [3.05, 3.63) is 18.4 Å². The number of alkyl halides is 2. The first kappa shape index (κ1) is 20.6. The maximum Gasteiger partial charge on any atom is 0.266 e. The van der Waals surface area contributed by atoms with Crippen molar-refractivity contribution < 1.29 is 23.1 Å². The maximum absolute atomic E-state index is 13.4. The lowest BCUT2D eigenvalue weighted by Gasteiger charge is -2.57. The highest BCUT2D eigenvalue weighted by Gasteiger charge is 2.59. The van der Waals surface area contributed by atoms with Crippen molar-refractivity contribution in [2.24, 2.45) is 40.9 Å². The molecule has 4 aliphatic rings. The Bertz CT molecular complexity index is 783. The number of aliphatic hydroxyl groups is 1. The lowest BCUT2D eigenvalue weighted by atomic mass is 9.49. The van der Waals surface area contributed by atoms with E-state index in [0.717, 1.165) is 44.9 Å². The van der Waals surface area contributed by atoms with Crippen LogP contribution in [0.4, 0.5) is 8.78 Å². The van der Waals surface area contributed by atoms with E-state index in [0.29, 0.717) is 29.6 Å². The van der Waals surface area contributed by atoms with Crippen LogP contribution >= 0.6 is 0 Å². The van der Waals surface area contributed by atoms with Crippen molar-refractivity contribution in [2.75, 3.05) is 0 Å². The molecule has 4 fully saturated rings. The SMILES string of the molecule is C[C@]12CC[C@H]3[C@@H](CC[C@H]4C[C@@](O)(C(F)F)CC[C@@H]43)[C@@H]1CC[C@@H]2C(=O)Cc1ncco1. The van der Waals surface area contributed by atoms with Crippen molar-refractivity contribution in [2.45, 2.75) is 83.2 Å². The number of oxazole rings is 1. The molecule has 1 heterocycles. The van der Waals surface area contributed by atoms with Crippen molar-refractivity contribution in [1.82, 2.24) is 4.98 Å². The first-order valence-corrected chi connectivity index (χ1v) is 11.7. The highest BCUT2D eigenvalue weighted by molar-refractivity contribution is 5.83. The number of hydrogen-bond acceptors (Lipinski definition) is 4. The average molecular weight is 422 g/mol. The van der Waals surface area contributed by atoms with E-state index in [1.165, 1.54) is 6.26 Å². The van der Waals surface area contributed by atoms with E-state index in [9.17, 15) is 18.7 Å². The van der Waals surface area contributed by atoms with Gasteiger partial charge >= 0.3 is 0 Å². The number of Topliss-reactive ketones (excluding diaryl/α,β-unsaturated/α-hetero) is 1. The highest BCUT2D eigenvalue weighted by atomic mass is 19.3. The lowest BCUT2D eigenvalue weighted by Crippen LogP contribution is -2.53. The van der Waals surface area contributed by atoms with E-state index in [-0.39, 0.29) is 42.3 Å². The van der Waals surface area contributed by atoms with Gasteiger partial charge in [0, 0.05) is 5.92 Å². The molecule has 4 nitrogen and oxygen atoms in total. The van der Waals surface area contributed by atoms with Gasteiger partial charge in [-0.05, 0) is 92.8 Å². The fourth-order valence-electron chi connectivity index (χ4n) is 8.25. The van der Waals surface area contributed by atoms with Gasteiger partial charge in [0.05, 0.1) is 12.6 Å². The smallest absolute Gasteiger partial charge is 0.266 e. The standard InChI is InChI=1S/C24H33F2NO3/c1-23-8-6-16-15-7-9-24(29,22(25)26)13-14(15)2-3-17(16)18(23)4-5-19(23)20(28)12-21-27-10-11-30-21/h10-11,14-19,22,29H,2-9,12-13H2,1H3/t14-,15-,16+,17+,18-,19+,23-,24+/m0/s1. The van der Waals surface area contributed by atoms with E-state index >= 15 is 0 Å². The van der Waals surface area contributed by atoms with Gasteiger partial charge in [0.1, 0.15) is 17.6 Å². The van der Waals surface area contributed by atoms with E-state index < -0.39 is 12.0 Å². The Kier molecular flexibility index (Phi) is 5.07. The normalized spacial score (nSPS) is 45.6. The minimum absolute atomic E-state index is 0.0378. The summed E-state index contributed by atoms with van der Waals surface area (Å²) in [5.41, 5.74) is -1.74. The summed E-state index contributed by atoms with van der Waals surface area (Å²) in [5, 5.41) is 10.4. The third-order valence-corrected chi connectivity index (χ3v) is 9.65. The first-order chi connectivity index (χ1) is 14.3. The molecule has 6 heteroatoms. The second kappa shape index (κ2) is 7.39. The molecule has 0 spiro atoms. The van der Waals surface area contributed by atoms with Gasteiger partial charge in [-0.25, -0.2) is 13.8 Å². The van der Waals surface area contributed by atoms with Crippen LogP contribution in [0.1, 0.15) is 70.6 Å². The molecule has 0 saturated heterocycles. The van der Waals surface area contributed by atoms with Crippen LogP contribution in [-0.2, 0) is 11.2 Å². The molecule has 0 unspecified atom stereocenters. The summed E-state index contributed by atoms with van der Waals surface area (Å²) in [4.78, 5) is 17.2. The van der Waals surface area contributed by atoms with Gasteiger partial charge in [-0.3, -0.25) is 4.79 Å². The van der Waals surface area contributed by atoms with Crippen LogP contribution in [0.25, 0.3) is 0 Å². The summed E-state index contributed by atoms with van der Waals surface area (Å²) in [5.74, 6) is 3.26. The molecule has 0 amide bonds. The van der Waals surface area contributed by atoms with Gasteiger partial charge in [-0.15, -0.1) is 0 Å². The summed E-state index contributed by atoms with van der Waals surface area (Å²) in [7, 11) is 0. The summed E-state index contributed by atoms with van der Waals surface area (Å²) >= 11 is 0. The maximum atomic E-state index is 13.4. The molecule has 8 atom stereocenters. The molecular weight excluding hydrogens is 388 g/mol. The van der Waals surface area contributed by atoms with Crippen LogP contribution < -0.4 is 0 Å². The largest absolute Gasteiger partial charge is 0.449 e. The minimum Gasteiger partial charge on any atom is -0.449 e. The fraction of sp³-hybridized carbons (Fsp3) is 0.833.